The molecular formula is C13H16F3N3O3. The van der Waals surface area contributed by atoms with E-state index in [1.165, 1.54) is 0 Å². The van der Waals surface area contributed by atoms with Crippen molar-refractivity contribution in [3.05, 3.63) is 28.2 Å². The molecule has 1 fully saturated rings. The number of hydrogen-bond acceptors (Lipinski definition) is 3. The normalized spacial score (nSPS) is 22.2. The monoisotopic (exact) mass is 319 g/mol. The van der Waals surface area contributed by atoms with Crippen molar-refractivity contribution in [1.82, 2.24) is 10.3 Å². The molecule has 1 saturated carbocycles. The minimum Gasteiger partial charge on any atom is -0.391 e. The number of aromatic nitrogens is 1. The lowest BCUT2D eigenvalue weighted by atomic mass is 9.93. The summed E-state index contributed by atoms with van der Waals surface area (Å²) in [5, 5.41) is 14.3. The molecule has 0 aromatic carbocycles. The van der Waals surface area contributed by atoms with E-state index in [9.17, 15) is 27.9 Å². The van der Waals surface area contributed by atoms with Gasteiger partial charge in [-0.1, -0.05) is 12.8 Å². The van der Waals surface area contributed by atoms with Gasteiger partial charge in [-0.3, -0.25) is 4.79 Å². The maximum Gasteiger partial charge on any atom is 0.417 e. The van der Waals surface area contributed by atoms with E-state index >= 15 is 0 Å². The zero-order chi connectivity index (χ0) is 16.3. The van der Waals surface area contributed by atoms with E-state index in [-0.39, 0.29) is 0 Å². The van der Waals surface area contributed by atoms with Crippen molar-refractivity contribution < 1.29 is 23.1 Å². The zero-order valence-corrected chi connectivity index (χ0v) is 11.5. The van der Waals surface area contributed by atoms with Crippen molar-refractivity contribution in [1.29, 1.82) is 0 Å². The first-order valence-electron chi connectivity index (χ1n) is 6.83. The number of nitrogens with one attached hydrogen (secondary N) is 3. The van der Waals surface area contributed by atoms with Crippen molar-refractivity contribution in [2.24, 2.45) is 0 Å². The SMILES string of the molecule is O=C(Nc1cc(C(F)(F)F)c[nH]c1=O)NC1CCCCC1O. The van der Waals surface area contributed by atoms with Crippen molar-refractivity contribution in [3.63, 3.8) is 0 Å². The third kappa shape index (κ3) is 4.00. The van der Waals surface area contributed by atoms with Crippen LogP contribution in [0, 0.1) is 0 Å². The van der Waals surface area contributed by atoms with Gasteiger partial charge in [0.25, 0.3) is 5.56 Å². The molecule has 1 aliphatic rings. The van der Waals surface area contributed by atoms with E-state index in [0.717, 1.165) is 12.8 Å². The molecule has 122 valence electrons. The highest BCUT2D eigenvalue weighted by molar-refractivity contribution is 5.89. The molecule has 2 unspecified atom stereocenters. The van der Waals surface area contributed by atoms with Gasteiger partial charge in [0.05, 0.1) is 17.7 Å². The molecule has 0 saturated heterocycles. The van der Waals surface area contributed by atoms with Gasteiger partial charge in [-0.2, -0.15) is 13.2 Å². The van der Waals surface area contributed by atoms with Crippen LogP contribution in [0.4, 0.5) is 23.7 Å². The second-order valence-corrected chi connectivity index (χ2v) is 5.19. The Hall–Kier alpha value is -2.03. The molecule has 2 amide bonds. The quantitative estimate of drug-likeness (QED) is 0.670. The highest BCUT2D eigenvalue weighted by Crippen LogP contribution is 2.29. The molecule has 9 heteroatoms. The lowest BCUT2D eigenvalue weighted by Crippen LogP contribution is -2.47. The van der Waals surface area contributed by atoms with E-state index in [1.54, 1.807) is 0 Å². The number of hydrogen-bond donors (Lipinski definition) is 4. The number of rotatable bonds is 2. The van der Waals surface area contributed by atoms with Crippen LogP contribution >= 0.6 is 0 Å². The van der Waals surface area contributed by atoms with Crippen LogP contribution in [-0.2, 0) is 6.18 Å². The third-order valence-electron chi connectivity index (χ3n) is 3.52. The first-order chi connectivity index (χ1) is 10.3. The Bertz CT molecular complexity index is 600. The molecule has 0 spiro atoms. The summed E-state index contributed by atoms with van der Waals surface area (Å²) in [5.41, 5.74) is -2.41. The van der Waals surface area contributed by atoms with E-state index in [2.05, 4.69) is 10.6 Å². The van der Waals surface area contributed by atoms with E-state index in [0.29, 0.717) is 25.1 Å². The Balaban J connectivity index is 2.06. The van der Waals surface area contributed by atoms with E-state index in [4.69, 9.17) is 0 Å². The molecule has 1 heterocycles. The summed E-state index contributed by atoms with van der Waals surface area (Å²) in [6.07, 6.45) is -1.96. The minimum atomic E-state index is -4.63. The molecule has 0 aliphatic heterocycles. The summed E-state index contributed by atoms with van der Waals surface area (Å²) in [6.45, 7) is 0. The molecule has 4 N–H and O–H groups in total. The van der Waals surface area contributed by atoms with E-state index < -0.39 is 41.2 Å². The summed E-state index contributed by atoms with van der Waals surface area (Å²) in [7, 11) is 0. The number of pyridine rings is 1. The highest BCUT2D eigenvalue weighted by atomic mass is 19.4. The second kappa shape index (κ2) is 6.39. The Morgan fingerprint density at radius 3 is 2.64 bits per heavy atom. The molecule has 1 aromatic rings. The Kier molecular flexibility index (Phi) is 4.74. The molecule has 2 rings (SSSR count). The largest absolute Gasteiger partial charge is 0.417 e. The van der Waals surface area contributed by atoms with Gasteiger partial charge in [-0.15, -0.1) is 0 Å². The number of amides is 2. The van der Waals surface area contributed by atoms with Crippen LogP contribution in [0.1, 0.15) is 31.2 Å². The van der Waals surface area contributed by atoms with Crippen LogP contribution < -0.4 is 16.2 Å². The summed E-state index contributed by atoms with van der Waals surface area (Å²) < 4.78 is 37.7. The number of carbonyl (C=O) groups is 1. The van der Waals surface area contributed by atoms with Crippen LogP contribution in [0.25, 0.3) is 0 Å². The first kappa shape index (κ1) is 16.3. The van der Waals surface area contributed by atoms with Gasteiger partial charge in [0.1, 0.15) is 5.69 Å². The van der Waals surface area contributed by atoms with Gasteiger partial charge in [-0.25, -0.2) is 4.79 Å². The van der Waals surface area contributed by atoms with Crippen molar-refractivity contribution in [2.45, 2.75) is 44.0 Å². The van der Waals surface area contributed by atoms with Gasteiger partial charge < -0.3 is 20.7 Å². The van der Waals surface area contributed by atoms with Crippen LogP contribution in [-0.4, -0.2) is 28.3 Å². The molecule has 2 atom stereocenters. The number of carbonyl (C=O) groups excluding carboxylic acids is 1. The number of aliphatic hydroxyl groups is 1. The van der Waals surface area contributed by atoms with Crippen LogP contribution in [0.2, 0.25) is 0 Å². The molecule has 6 nitrogen and oxygen atoms in total. The van der Waals surface area contributed by atoms with Crippen LogP contribution in [0.15, 0.2) is 17.1 Å². The fourth-order valence-corrected chi connectivity index (χ4v) is 2.35. The standard InChI is InChI=1S/C13H16F3N3O3/c14-13(15,16)7-5-9(11(21)17-6-7)19-12(22)18-8-3-1-2-4-10(8)20/h5-6,8,10,20H,1-4H2,(H,17,21)(H2,18,19,22). The topological polar surface area (TPSA) is 94.2 Å². The predicted molar refractivity (Wildman–Crippen MR) is 72.5 cm³/mol. The van der Waals surface area contributed by atoms with Gasteiger partial charge in [0.2, 0.25) is 0 Å². The number of halogens is 3. The molecule has 1 aliphatic carbocycles. The average molecular weight is 319 g/mol. The Labute approximate surface area is 123 Å². The smallest absolute Gasteiger partial charge is 0.391 e. The van der Waals surface area contributed by atoms with E-state index in [1.807, 2.05) is 4.98 Å². The van der Waals surface area contributed by atoms with Gasteiger partial charge in [0.15, 0.2) is 0 Å². The number of aromatic amines is 1. The minimum absolute atomic E-state index is 0.473. The van der Waals surface area contributed by atoms with Crippen molar-refractivity contribution in [2.75, 3.05) is 5.32 Å². The van der Waals surface area contributed by atoms with Gasteiger partial charge >= 0.3 is 12.2 Å². The van der Waals surface area contributed by atoms with Crippen molar-refractivity contribution in [3.8, 4) is 0 Å². The second-order valence-electron chi connectivity index (χ2n) is 5.19. The highest BCUT2D eigenvalue weighted by Gasteiger charge is 2.31. The number of anilines is 1. The summed E-state index contributed by atoms with van der Waals surface area (Å²) >= 11 is 0. The summed E-state index contributed by atoms with van der Waals surface area (Å²) in [6, 6.07) is -0.732. The summed E-state index contributed by atoms with van der Waals surface area (Å²) in [4.78, 5) is 25.2. The van der Waals surface area contributed by atoms with Gasteiger partial charge in [-0.05, 0) is 18.9 Å². The molecule has 0 bridgehead atoms. The number of urea groups is 1. The molecule has 22 heavy (non-hydrogen) atoms. The number of aliphatic hydroxyl groups excluding tert-OH is 1. The Morgan fingerprint density at radius 2 is 2.00 bits per heavy atom. The van der Waals surface area contributed by atoms with Gasteiger partial charge in [0, 0.05) is 6.20 Å². The lowest BCUT2D eigenvalue weighted by molar-refractivity contribution is -0.137. The Morgan fingerprint density at radius 1 is 1.32 bits per heavy atom. The van der Waals surface area contributed by atoms with Crippen LogP contribution in [0.3, 0.4) is 0 Å². The molecular weight excluding hydrogens is 303 g/mol. The van der Waals surface area contributed by atoms with Crippen molar-refractivity contribution >= 4 is 11.7 Å². The molecule has 1 aromatic heterocycles. The maximum absolute atomic E-state index is 12.6. The molecule has 0 radical (unpaired) electrons. The fourth-order valence-electron chi connectivity index (χ4n) is 2.35. The summed E-state index contributed by atoms with van der Waals surface area (Å²) in [5.74, 6) is 0. The third-order valence-corrected chi connectivity index (χ3v) is 3.52. The number of alkyl halides is 3. The zero-order valence-electron chi connectivity index (χ0n) is 11.5. The maximum atomic E-state index is 12.6. The first-order valence-corrected chi connectivity index (χ1v) is 6.83. The van der Waals surface area contributed by atoms with Crippen LogP contribution in [0.5, 0.6) is 0 Å². The average Bonchev–Trinajstić information content (AvgIpc) is 2.42. The lowest BCUT2D eigenvalue weighted by Gasteiger charge is -2.28. The fraction of sp³-hybridized carbons (Fsp3) is 0.538. The predicted octanol–water partition coefficient (Wildman–Crippen LogP) is 1.82. The number of H-pyrrole nitrogens is 1.